The number of carbonyl (C=O) groups excluding carboxylic acids is 1. The molecule has 8 heteroatoms. The molecule has 1 amide bonds. The zero-order chi connectivity index (χ0) is 17.7. The van der Waals surface area contributed by atoms with Gasteiger partial charge in [0.2, 0.25) is 11.9 Å². The lowest BCUT2D eigenvalue weighted by molar-refractivity contribution is -0.123. The van der Waals surface area contributed by atoms with Gasteiger partial charge < -0.3 is 26.0 Å². The summed E-state index contributed by atoms with van der Waals surface area (Å²) in [6, 6.07) is 2.06. The molecule has 0 bridgehead atoms. The van der Waals surface area contributed by atoms with Gasteiger partial charge in [-0.1, -0.05) is 12.2 Å². The topological polar surface area (TPSA) is 115 Å². The van der Waals surface area contributed by atoms with Crippen LogP contribution < -0.4 is 10.6 Å². The van der Waals surface area contributed by atoms with Crippen LogP contribution >= 0.6 is 0 Å². The summed E-state index contributed by atoms with van der Waals surface area (Å²) in [6.07, 6.45) is 2.52. The zero-order valence-corrected chi connectivity index (χ0v) is 13.3. The van der Waals surface area contributed by atoms with Gasteiger partial charge in [-0.15, -0.1) is 0 Å². The van der Waals surface area contributed by atoms with Gasteiger partial charge in [0.25, 0.3) is 0 Å². The van der Waals surface area contributed by atoms with Crippen LogP contribution in [0.2, 0.25) is 0 Å². The van der Waals surface area contributed by atoms with E-state index in [4.69, 9.17) is 0 Å². The lowest BCUT2D eigenvalue weighted by Crippen LogP contribution is -2.52. The number of aliphatic hydroxyl groups excluding tert-OH is 3. The lowest BCUT2D eigenvalue weighted by atomic mass is 9.85. The molecule has 5 N–H and O–H groups in total. The summed E-state index contributed by atoms with van der Waals surface area (Å²) in [6.45, 7) is -0.362. The second kappa shape index (κ2) is 7.80. The molecule has 4 atom stereocenters. The maximum atomic E-state index is 12.8. The highest BCUT2D eigenvalue weighted by atomic mass is 19.1. The molecule has 1 aliphatic heterocycles. The van der Waals surface area contributed by atoms with Crippen LogP contribution in [0, 0.1) is 5.95 Å². The number of aliphatic hydroxyl groups is 3. The van der Waals surface area contributed by atoms with Crippen molar-refractivity contribution in [3.8, 4) is 0 Å². The predicted molar refractivity (Wildman–Crippen MR) is 85.3 cm³/mol. The van der Waals surface area contributed by atoms with Crippen molar-refractivity contribution in [2.45, 2.75) is 36.6 Å². The second-order valence-corrected chi connectivity index (χ2v) is 5.90. The van der Waals surface area contributed by atoms with Crippen LogP contribution in [0.5, 0.6) is 0 Å². The summed E-state index contributed by atoms with van der Waals surface area (Å²) in [5, 5.41) is 35.2. The Bertz CT molecular complexity index is 595. The van der Waals surface area contributed by atoms with Crippen molar-refractivity contribution in [1.82, 2.24) is 15.6 Å². The summed E-state index contributed by atoms with van der Waals surface area (Å²) in [4.78, 5) is 15.3. The standard InChI is InChI=1S/C16H22FN3O4/c1-18-13(22)7-16(15(24)14(23)11(9-21)20-16)6-2-3-10-4-5-12(17)19-8-10/h2-5,8,11,14-15,20-21,23-24H,6-7,9H2,1H3,(H,18,22)/b3-2+/t11-,14-,15+,16-/m1/s1. The number of carbonyl (C=O) groups is 1. The molecule has 1 aromatic rings. The quantitative estimate of drug-likeness (QED) is 0.433. The Kier molecular flexibility index (Phi) is 6.00. The Hall–Kier alpha value is -1.87. The molecule has 2 heterocycles. The Morgan fingerprint density at radius 2 is 2.25 bits per heavy atom. The minimum absolute atomic E-state index is 0.0652. The van der Waals surface area contributed by atoms with Crippen LogP contribution in [-0.2, 0) is 4.79 Å². The third kappa shape index (κ3) is 3.96. The number of pyridine rings is 1. The van der Waals surface area contributed by atoms with Crippen molar-refractivity contribution >= 4 is 12.0 Å². The van der Waals surface area contributed by atoms with E-state index in [1.165, 1.54) is 19.3 Å². The van der Waals surface area contributed by atoms with Crippen LogP contribution in [0.25, 0.3) is 6.08 Å². The predicted octanol–water partition coefficient (Wildman–Crippen LogP) is -0.815. The largest absolute Gasteiger partial charge is 0.395 e. The summed E-state index contributed by atoms with van der Waals surface area (Å²) in [5.74, 6) is -0.880. The fraction of sp³-hybridized carbons (Fsp3) is 0.500. The first-order valence-electron chi connectivity index (χ1n) is 7.65. The molecule has 0 aliphatic carbocycles. The molecule has 0 spiro atoms. The first kappa shape index (κ1) is 18.5. The molecule has 0 saturated carbocycles. The normalized spacial score (nSPS) is 30.0. The summed E-state index contributed by atoms with van der Waals surface area (Å²) >= 11 is 0. The molecule has 24 heavy (non-hydrogen) atoms. The first-order chi connectivity index (χ1) is 11.4. The highest BCUT2D eigenvalue weighted by Crippen LogP contribution is 2.31. The highest BCUT2D eigenvalue weighted by molar-refractivity contribution is 5.77. The van der Waals surface area contributed by atoms with E-state index in [-0.39, 0.29) is 25.4 Å². The number of halogens is 1. The molecule has 2 rings (SSSR count). The smallest absolute Gasteiger partial charge is 0.221 e. The van der Waals surface area contributed by atoms with Gasteiger partial charge in [-0.2, -0.15) is 4.39 Å². The Morgan fingerprint density at radius 3 is 2.79 bits per heavy atom. The Morgan fingerprint density at radius 1 is 1.50 bits per heavy atom. The van der Waals surface area contributed by atoms with Crippen LogP contribution in [0.3, 0.4) is 0 Å². The Balaban J connectivity index is 2.17. The number of nitrogens with one attached hydrogen (secondary N) is 2. The first-order valence-corrected chi connectivity index (χ1v) is 7.65. The van der Waals surface area contributed by atoms with Crippen LogP contribution in [0.15, 0.2) is 24.4 Å². The van der Waals surface area contributed by atoms with Crippen LogP contribution in [0.1, 0.15) is 18.4 Å². The number of hydrogen-bond donors (Lipinski definition) is 5. The van der Waals surface area contributed by atoms with Gasteiger partial charge in [-0.25, -0.2) is 4.98 Å². The maximum Gasteiger partial charge on any atom is 0.221 e. The fourth-order valence-electron chi connectivity index (χ4n) is 2.91. The van der Waals surface area contributed by atoms with E-state index in [2.05, 4.69) is 15.6 Å². The van der Waals surface area contributed by atoms with Crippen molar-refractivity contribution in [3.05, 3.63) is 35.9 Å². The molecule has 0 unspecified atom stereocenters. The van der Waals surface area contributed by atoms with E-state index in [1.807, 2.05) is 0 Å². The van der Waals surface area contributed by atoms with Crippen molar-refractivity contribution in [2.24, 2.45) is 0 Å². The Labute approximate surface area is 139 Å². The molecule has 7 nitrogen and oxygen atoms in total. The van der Waals surface area contributed by atoms with E-state index in [1.54, 1.807) is 18.2 Å². The average Bonchev–Trinajstić information content (AvgIpc) is 2.81. The lowest BCUT2D eigenvalue weighted by Gasteiger charge is -2.32. The number of nitrogens with zero attached hydrogens (tertiary/aromatic N) is 1. The minimum Gasteiger partial charge on any atom is -0.395 e. The van der Waals surface area contributed by atoms with Gasteiger partial charge in [-0.3, -0.25) is 4.79 Å². The van der Waals surface area contributed by atoms with E-state index < -0.39 is 29.7 Å². The van der Waals surface area contributed by atoms with Gasteiger partial charge in [0.05, 0.1) is 24.3 Å². The van der Waals surface area contributed by atoms with E-state index in [0.29, 0.717) is 5.56 Å². The van der Waals surface area contributed by atoms with Gasteiger partial charge in [-0.05, 0) is 24.1 Å². The minimum atomic E-state index is -1.22. The summed E-state index contributed by atoms with van der Waals surface area (Å²) in [5.41, 5.74) is -0.435. The van der Waals surface area contributed by atoms with Crippen molar-refractivity contribution in [3.63, 3.8) is 0 Å². The number of rotatable bonds is 6. The van der Waals surface area contributed by atoms with E-state index >= 15 is 0 Å². The van der Waals surface area contributed by atoms with Gasteiger partial charge >= 0.3 is 0 Å². The maximum absolute atomic E-state index is 12.8. The SMILES string of the molecule is CNC(=O)C[C@@]1(C/C=C/c2ccc(F)nc2)N[C@H](CO)[C@@H](O)[C@@H]1O. The zero-order valence-electron chi connectivity index (χ0n) is 13.3. The molecular weight excluding hydrogens is 317 g/mol. The molecule has 0 aromatic carbocycles. The fourth-order valence-corrected chi connectivity index (χ4v) is 2.91. The number of amides is 1. The van der Waals surface area contributed by atoms with E-state index in [9.17, 15) is 24.5 Å². The molecule has 1 saturated heterocycles. The van der Waals surface area contributed by atoms with Gasteiger partial charge in [0.1, 0.15) is 6.10 Å². The molecule has 1 fully saturated rings. The van der Waals surface area contributed by atoms with Gasteiger partial charge in [0, 0.05) is 19.7 Å². The van der Waals surface area contributed by atoms with E-state index in [0.717, 1.165) is 0 Å². The van der Waals surface area contributed by atoms with Crippen LogP contribution in [0.4, 0.5) is 4.39 Å². The third-order valence-electron chi connectivity index (χ3n) is 4.27. The molecule has 0 radical (unpaired) electrons. The molecular formula is C16H22FN3O4. The van der Waals surface area contributed by atoms with Crippen molar-refractivity contribution in [1.29, 1.82) is 0 Å². The monoisotopic (exact) mass is 339 g/mol. The van der Waals surface area contributed by atoms with Crippen LogP contribution in [-0.4, -0.2) is 63.7 Å². The molecule has 1 aliphatic rings. The number of aromatic nitrogens is 1. The summed E-state index contributed by atoms with van der Waals surface area (Å²) < 4.78 is 12.8. The molecule has 1 aromatic heterocycles. The van der Waals surface area contributed by atoms with Crippen molar-refractivity contribution in [2.75, 3.05) is 13.7 Å². The molecule has 132 valence electrons. The number of hydrogen-bond acceptors (Lipinski definition) is 6. The van der Waals surface area contributed by atoms with Gasteiger partial charge in [0.15, 0.2) is 0 Å². The third-order valence-corrected chi connectivity index (χ3v) is 4.27. The second-order valence-electron chi connectivity index (χ2n) is 5.90. The summed E-state index contributed by atoms with van der Waals surface area (Å²) in [7, 11) is 1.48. The average molecular weight is 339 g/mol. The highest BCUT2D eigenvalue weighted by Gasteiger charge is 2.52. The van der Waals surface area contributed by atoms with Crippen molar-refractivity contribution < 1.29 is 24.5 Å².